The quantitative estimate of drug-likeness (QED) is 0.0685. The Balaban J connectivity index is 0.000000376. The topological polar surface area (TPSA) is 327 Å². The minimum Gasteiger partial charge on any atom is -0.507 e. The SMILES string of the molecule is Nc1cc(S(=O)(=O)O)ccc1S(=O)(=O)O.O=C(Nc1ccc(S(=O)(=O)O)c2cc(S(=O)(=O)O)cc(O)c12)c1ccc(CS(=O)(=O)CCCl)cc1. The molecule has 4 aromatic rings. The van der Waals surface area contributed by atoms with E-state index in [0.717, 1.165) is 36.4 Å². The molecule has 24 heteroatoms. The highest BCUT2D eigenvalue weighted by Gasteiger charge is 2.23. The molecule has 0 aliphatic heterocycles. The number of fused-ring (bicyclic) bond motifs is 1. The summed E-state index contributed by atoms with van der Waals surface area (Å²) >= 11 is 5.47. The van der Waals surface area contributed by atoms with Crippen molar-refractivity contribution in [3.63, 3.8) is 0 Å². The van der Waals surface area contributed by atoms with Crippen LogP contribution in [0.15, 0.2) is 86.3 Å². The Morgan fingerprint density at radius 2 is 1.22 bits per heavy atom. The van der Waals surface area contributed by atoms with Gasteiger partial charge in [0.05, 0.1) is 32.7 Å². The lowest BCUT2D eigenvalue weighted by Gasteiger charge is -2.14. The number of rotatable bonds is 10. The molecule has 0 saturated heterocycles. The van der Waals surface area contributed by atoms with Crippen molar-refractivity contribution in [3.8, 4) is 5.75 Å². The summed E-state index contributed by atoms with van der Waals surface area (Å²) in [5.41, 5.74) is 5.10. The van der Waals surface area contributed by atoms with Crippen LogP contribution in [0.4, 0.5) is 11.4 Å². The maximum atomic E-state index is 12.7. The molecule has 0 aliphatic carbocycles. The summed E-state index contributed by atoms with van der Waals surface area (Å²) in [6.45, 7) is 0. The number of amides is 1. The lowest BCUT2D eigenvalue weighted by molar-refractivity contribution is 0.102. The molecule has 0 spiro atoms. The molecule has 0 aliphatic rings. The average molecular weight is 817 g/mol. The molecule has 0 saturated carbocycles. The maximum absolute atomic E-state index is 12.7. The summed E-state index contributed by atoms with van der Waals surface area (Å²) in [6, 6.07) is 11.2. The van der Waals surface area contributed by atoms with Gasteiger partial charge in [-0.25, -0.2) is 8.42 Å². The van der Waals surface area contributed by atoms with Crippen LogP contribution in [0.3, 0.4) is 0 Å². The van der Waals surface area contributed by atoms with Crippen molar-refractivity contribution in [3.05, 3.63) is 77.9 Å². The van der Waals surface area contributed by atoms with Gasteiger partial charge in [0, 0.05) is 28.3 Å². The fourth-order valence-electron chi connectivity index (χ4n) is 4.20. The van der Waals surface area contributed by atoms with E-state index < -0.39 is 92.6 Å². The minimum atomic E-state index is -4.89. The second-order valence-corrected chi connectivity index (χ2v) is 18.2. The summed E-state index contributed by atoms with van der Waals surface area (Å²) in [5, 5.41) is 12.0. The first-order valence-corrected chi connectivity index (χ1v) is 21.1. The van der Waals surface area contributed by atoms with Crippen LogP contribution < -0.4 is 11.1 Å². The molecule has 0 unspecified atom stereocenters. The minimum absolute atomic E-state index is 0.0499. The fourth-order valence-corrected chi connectivity index (χ4v) is 8.30. The van der Waals surface area contributed by atoms with Crippen LogP contribution in [-0.4, -0.2) is 82.9 Å². The van der Waals surface area contributed by atoms with Gasteiger partial charge in [-0.15, -0.1) is 11.6 Å². The predicted molar refractivity (Wildman–Crippen MR) is 178 cm³/mol. The number of hydrogen-bond acceptors (Lipinski definition) is 13. The number of nitrogens with one attached hydrogen (secondary N) is 1. The molecular formula is C26H25ClN2O16S5. The number of carbonyl (C=O) groups is 1. The number of sulfone groups is 1. The Morgan fingerprint density at radius 1 is 0.680 bits per heavy atom. The van der Waals surface area contributed by atoms with Crippen LogP contribution in [0.5, 0.6) is 5.75 Å². The Kier molecular flexibility index (Phi) is 12.0. The van der Waals surface area contributed by atoms with Crippen LogP contribution in [0.25, 0.3) is 10.8 Å². The lowest BCUT2D eigenvalue weighted by Crippen LogP contribution is -2.14. The number of benzene rings is 4. The third-order valence-electron chi connectivity index (χ3n) is 6.40. The zero-order valence-corrected chi connectivity index (χ0v) is 29.5. The molecule has 8 N–H and O–H groups in total. The molecule has 4 rings (SSSR count). The number of phenols is 1. The Morgan fingerprint density at radius 3 is 1.70 bits per heavy atom. The van der Waals surface area contributed by atoms with E-state index in [1.54, 1.807) is 0 Å². The Labute approximate surface area is 290 Å². The van der Waals surface area contributed by atoms with Gasteiger partial charge in [-0.2, -0.15) is 33.7 Å². The molecule has 0 heterocycles. The summed E-state index contributed by atoms with van der Waals surface area (Å²) in [5.74, 6) is -2.04. The molecule has 0 aromatic heterocycles. The molecular weight excluding hydrogens is 792 g/mol. The van der Waals surface area contributed by atoms with Crippen molar-refractivity contribution in [2.45, 2.75) is 25.3 Å². The van der Waals surface area contributed by atoms with Crippen LogP contribution in [0.1, 0.15) is 15.9 Å². The number of anilines is 2. The lowest BCUT2D eigenvalue weighted by atomic mass is 10.1. The standard InChI is InChI=1S/C20H18ClNO10S3.C6H7NO6S2/c21-7-8-33(25,26)11-12-1-3-13(4-2-12)20(24)22-16-5-6-18(35(30,31)32)15-9-14(34(27,28)29)10-17(23)19(15)16;7-5-3-4(14(8,9)10)1-2-6(5)15(11,12)13/h1-6,9-10,23H,7-8,11H2,(H,22,24)(H,27,28,29)(H,30,31,32);1-3H,7H2,(H,8,9,10)(H,11,12,13). The Bertz CT molecular complexity index is 2540. The van der Waals surface area contributed by atoms with Crippen molar-refractivity contribution in [2.75, 3.05) is 22.7 Å². The number of phenolic OH excluding ortho intramolecular Hbond substituents is 1. The Hall–Kier alpha value is -3.91. The number of halogens is 1. The summed E-state index contributed by atoms with van der Waals surface area (Å²) in [7, 11) is -22.1. The molecule has 0 atom stereocenters. The zero-order chi connectivity index (χ0) is 38.0. The van der Waals surface area contributed by atoms with Gasteiger partial charge in [0.15, 0.2) is 9.84 Å². The van der Waals surface area contributed by atoms with Crippen molar-refractivity contribution in [2.24, 2.45) is 0 Å². The highest BCUT2D eigenvalue weighted by Crippen LogP contribution is 2.38. The van der Waals surface area contributed by atoms with Gasteiger partial charge >= 0.3 is 0 Å². The smallest absolute Gasteiger partial charge is 0.296 e. The van der Waals surface area contributed by atoms with E-state index in [0.29, 0.717) is 11.6 Å². The number of carbonyl (C=O) groups excluding carboxylic acids is 1. The van der Waals surface area contributed by atoms with E-state index in [1.807, 2.05) is 0 Å². The van der Waals surface area contributed by atoms with Crippen molar-refractivity contribution < 1.29 is 70.2 Å². The second-order valence-electron chi connectivity index (χ2n) is 10.0. The number of hydrogen-bond donors (Lipinski definition) is 7. The van der Waals surface area contributed by atoms with E-state index in [9.17, 15) is 61.1 Å². The highest BCUT2D eigenvalue weighted by molar-refractivity contribution is 7.90. The molecule has 50 heavy (non-hydrogen) atoms. The number of nitrogens with two attached hydrogens (primary N) is 1. The number of nitrogen functional groups attached to an aromatic ring is 1. The number of aromatic hydroxyl groups is 1. The first-order chi connectivity index (χ1) is 22.7. The third-order valence-corrected chi connectivity index (χ3v) is 11.9. The van der Waals surface area contributed by atoms with Crippen LogP contribution >= 0.6 is 11.6 Å². The van der Waals surface area contributed by atoms with E-state index in [4.69, 9.17) is 26.4 Å². The van der Waals surface area contributed by atoms with Gasteiger partial charge in [-0.1, -0.05) is 12.1 Å². The van der Waals surface area contributed by atoms with Gasteiger partial charge in [-0.05, 0) is 54.1 Å². The van der Waals surface area contributed by atoms with Gasteiger partial charge in [0.1, 0.15) is 15.5 Å². The molecule has 18 nitrogen and oxygen atoms in total. The van der Waals surface area contributed by atoms with E-state index >= 15 is 0 Å². The number of alkyl halides is 1. The molecule has 272 valence electrons. The van der Waals surface area contributed by atoms with Gasteiger partial charge in [0.25, 0.3) is 46.4 Å². The van der Waals surface area contributed by atoms with Gasteiger partial charge in [0.2, 0.25) is 0 Å². The van der Waals surface area contributed by atoms with Gasteiger partial charge < -0.3 is 16.2 Å². The average Bonchev–Trinajstić information content (AvgIpc) is 2.95. The normalized spacial score (nSPS) is 12.6. The van der Waals surface area contributed by atoms with Gasteiger partial charge in [-0.3, -0.25) is 23.0 Å². The second kappa shape index (κ2) is 14.7. The maximum Gasteiger partial charge on any atom is 0.296 e. The van der Waals surface area contributed by atoms with Crippen molar-refractivity contribution in [1.29, 1.82) is 0 Å². The molecule has 1 amide bonds. The van der Waals surface area contributed by atoms with Crippen LogP contribution in [0.2, 0.25) is 0 Å². The fraction of sp³-hybridized carbons (Fsp3) is 0.115. The summed E-state index contributed by atoms with van der Waals surface area (Å²) < 4.78 is 149. The van der Waals surface area contributed by atoms with E-state index in [2.05, 4.69) is 5.32 Å². The monoisotopic (exact) mass is 816 g/mol. The van der Waals surface area contributed by atoms with Crippen molar-refractivity contribution in [1.82, 2.24) is 0 Å². The first kappa shape index (κ1) is 40.5. The molecule has 4 aromatic carbocycles. The molecule has 0 fully saturated rings. The highest BCUT2D eigenvalue weighted by atomic mass is 35.5. The summed E-state index contributed by atoms with van der Waals surface area (Å²) in [4.78, 5) is 9.97. The van der Waals surface area contributed by atoms with E-state index in [-0.39, 0.29) is 34.0 Å². The molecule has 0 radical (unpaired) electrons. The first-order valence-electron chi connectivity index (χ1n) is 13.0. The zero-order valence-electron chi connectivity index (χ0n) is 24.7. The van der Waals surface area contributed by atoms with Crippen LogP contribution in [-0.2, 0) is 56.1 Å². The predicted octanol–water partition coefficient (Wildman–Crippen LogP) is 2.21. The van der Waals surface area contributed by atoms with E-state index in [1.165, 1.54) is 24.3 Å². The van der Waals surface area contributed by atoms with Crippen molar-refractivity contribution >= 4 is 90.0 Å². The largest absolute Gasteiger partial charge is 0.507 e. The molecule has 0 bridgehead atoms. The summed E-state index contributed by atoms with van der Waals surface area (Å²) in [6.07, 6.45) is 0. The van der Waals surface area contributed by atoms with Crippen LogP contribution in [0, 0.1) is 0 Å². The third kappa shape index (κ3) is 10.3.